The van der Waals surface area contributed by atoms with E-state index in [1.165, 1.54) is 11.3 Å². The molecule has 1 saturated carbocycles. The quantitative estimate of drug-likeness (QED) is 0.684. The molecule has 0 spiro atoms. The number of carbonyl (C=O) groups excluding carboxylic acids is 3. The molecular weight excluding hydrogens is 352 g/mol. The highest BCUT2D eigenvalue weighted by Crippen LogP contribution is 2.31. The molecule has 142 valence electrons. The van der Waals surface area contributed by atoms with E-state index in [9.17, 15) is 14.4 Å². The molecular formula is C19H26N2O4S. The Morgan fingerprint density at radius 3 is 2.54 bits per heavy atom. The number of nitrogens with zero attached hydrogens (tertiary/aromatic N) is 2. The summed E-state index contributed by atoms with van der Waals surface area (Å²) in [6.07, 6.45) is 3.56. The second-order valence-corrected chi connectivity index (χ2v) is 7.96. The highest BCUT2D eigenvalue weighted by atomic mass is 32.1. The molecule has 2 heterocycles. The lowest BCUT2D eigenvalue weighted by molar-refractivity contribution is -0.151. The van der Waals surface area contributed by atoms with Crippen molar-refractivity contribution in [2.24, 2.45) is 11.8 Å². The fraction of sp³-hybridized carbons (Fsp3) is 0.632. The van der Waals surface area contributed by atoms with Gasteiger partial charge in [0.1, 0.15) is 6.54 Å². The van der Waals surface area contributed by atoms with Gasteiger partial charge >= 0.3 is 5.97 Å². The van der Waals surface area contributed by atoms with Crippen LogP contribution in [0.2, 0.25) is 0 Å². The van der Waals surface area contributed by atoms with Gasteiger partial charge in [0.15, 0.2) is 0 Å². The van der Waals surface area contributed by atoms with Gasteiger partial charge in [-0.25, -0.2) is 0 Å². The van der Waals surface area contributed by atoms with Gasteiger partial charge in [0.2, 0.25) is 5.91 Å². The summed E-state index contributed by atoms with van der Waals surface area (Å²) in [6.45, 7) is 3.95. The summed E-state index contributed by atoms with van der Waals surface area (Å²) in [5.74, 6) is 0.150. The van der Waals surface area contributed by atoms with Gasteiger partial charge in [-0.05, 0) is 50.0 Å². The normalized spacial score (nSPS) is 17.8. The number of hydrogen-bond acceptors (Lipinski definition) is 5. The van der Waals surface area contributed by atoms with Crippen molar-refractivity contribution in [2.45, 2.75) is 32.6 Å². The van der Waals surface area contributed by atoms with E-state index >= 15 is 0 Å². The molecule has 7 heteroatoms. The smallest absolute Gasteiger partial charge is 0.325 e. The van der Waals surface area contributed by atoms with E-state index in [1.54, 1.807) is 11.8 Å². The van der Waals surface area contributed by atoms with Crippen LogP contribution in [0, 0.1) is 11.8 Å². The Balaban J connectivity index is 1.54. The highest BCUT2D eigenvalue weighted by Gasteiger charge is 2.34. The number of thiophene rings is 1. The van der Waals surface area contributed by atoms with Crippen LogP contribution in [-0.2, 0) is 14.3 Å². The first kappa shape index (κ1) is 18.9. The largest absolute Gasteiger partial charge is 0.465 e. The lowest BCUT2D eigenvalue weighted by Crippen LogP contribution is -2.46. The van der Waals surface area contributed by atoms with Crippen molar-refractivity contribution in [3.8, 4) is 0 Å². The predicted octanol–water partition coefficient (Wildman–Crippen LogP) is 2.40. The molecule has 1 saturated heterocycles. The van der Waals surface area contributed by atoms with E-state index < -0.39 is 0 Å². The molecule has 1 aromatic heterocycles. The second-order valence-electron chi connectivity index (χ2n) is 7.01. The average Bonchev–Trinajstić information content (AvgIpc) is 3.29. The van der Waals surface area contributed by atoms with Crippen LogP contribution >= 0.6 is 11.3 Å². The Bertz CT molecular complexity index is 634. The van der Waals surface area contributed by atoms with Gasteiger partial charge in [-0.1, -0.05) is 6.07 Å². The van der Waals surface area contributed by atoms with Gasteiger partial charge in [0.25, 0.3) is 5.91 Å². The number of esters is 1. The summed E-state index contributed by atoms with van der Waals surface area (Å²) in [5, 5.41) is 1.90. The van der Waals surface area contributed by atoms with Gasteiger partial charge in [-0.3, -0.25) is 14.4 Å². The standard InChI is InChI=1S/C19H26N2O4S/c1-2-25-17(22)13-21(12-14-5-6-14)18(23)15-7-9-20(10-8-15)19(24)16-4-3-11-26-16/h3-4,11,14-15H,2,5-10,12-13H2,1H3. The first-order chi connectivity index (χ1) is 12.6. The number of rotatable bonds is 7. The molecule has 6 nitrogen and oxygen atoms in total. The number of hydrogen-bond donors (Lipinski definition) is 0. The van der Waals surface area contributed by atoms with Crippen molar-refractivity contribution in [1.29, 1.82) is 0 Å². The SMILES string of the molecule is CCOC(=O)CN(CC1CC1)C(=O)C1CCN(C(=O)c2cccs2)CC1. The Morgan fingerprint density at radius 1 is 1.23 bits per heavy atom. The van der Waals surface area contributed by atoms with Crippen LogP contribution in [0.15, 0.2) is 17.5 Å². The molecule has 1 aliphatic heterocycles. The monoisotopic (exact) mass is 378 g/mol. The Hall–Kier alpha value is -1.89. The first-order valence-corrected chi connectivity index (χ1v) is 10.2. The molecule has 26 heavy (non-hydrogen) atoms. The molecule has 0 N–H and O–H groups in total. The van der Waals surface area contributed by atoms with Gasteiger partial charge in [0.05, 0.1) is 11.5 Å². The fourth-order valence-electron chi connectivity index (χ4n) is 3.35. The lowest BCUT2D eigenvalue weighted by Gasteiger charge is -2.34. The van der Waals surface area contributed by atoms with Gasteiger partial charge < -0.3 is 14.5 Å². The Kier molecular flexibility index (Phi) is 6.29. The van der Waals surface area contributed by atoms with Crippen molar-refractivity contribution < 1.29 is 19.1 Å². The molecule has 2 amide bonds. The molecule has 0 aromatic carbocycles. The maximum Gasteiger partial charge on any atom is 0.325 e. The maximum absolute atomic E-state index is 12.9. The Labute approximate surface area is 158 Å². The molecule has 0 radical (unpaired) electrons. The molecule has 1 aliphatic carbocycles. The van der Waals surface area contributed by atoms with Crippen molar-refractivity contribution in [2.75, 3.05) is 32.8 Å². The molecule has 0 unspecified atom stereocenters. The van der Waals surface area contributed by atoms with Crippen LogP contribution in [0.1, 0.15) is 42.3 Å². The van der Waals surface area contributed by atoms with E-state index in [2.05, 4.69) is 0 Å². The summed E-state index contributed by atoms with van der Waals surface area (Å²) in [4.78, 5) is 41.4. The highest BCUT2D eigenvalue weighted by molar-refractivity contribution is 7.12. The van der Waals surface area contributed by atoms with Crippen LogP contribution < -0.4 is 0 Å². The molecule has 1 aromatic rings. The van der Waals surface area contributed by atoms with Crippen molar-refractivity contribution in [3.63, 3.8) is 0 Å². The molecule has 0 bridgehead atoms. The zero-order valence-corrected chi connectivity index (χ0v) is 16.0. The summed E-state index contributed by atoms with van der Waals surface area (Å²) >= 11 is 1.44. The van der Waals surface area contributed by atoms with Crippen molar-refractivity contribution in [3.05, 3.63) is 22.4 Å². The first-order valence-electron chi connectivity index (χ1n) is 9.35. The molecule has 0 atom stereocenters. The third-order valence-corrected chi connectivity index (χ3v) is 5.83. The minimum atomic E-state index is -0.341. The number of piperidine rings is 1. The zero-order chi connectivity index (χ0) is 18.5. The van der Waals surface area contributed by atoms with Crippen LogP contribution in [0.3, 0.4) is 0 Å². The summed E-state index contributed by atoms with van der Waals surface area (Å²) < 4.78 is 5.02. The topological polar surface area (TPSA) is 66.9 Å². The third-order valence-electron chi connectivity index (χ3n) is 4.98. The average molecular weight is 378 g/mol. The minimum Gasteiger partial charge on any atom is -0.465 e. The van der Waals surface area contributed by atoms with E-state index in [-0.39, 0.29) is 30.2 Å². The van der Waals surface area contributed by atoms with Gasteiger partial charge in [-0.2, -0.15) is 0 Å². The molecule has 3 rings (SSSR count). The summed E-state index contributed by atoms with van der Waals surface area (Å²) in [7, 11) is 0. The van der Waals surface area contributed by atoms with Crippen LogP contribution in [0.25, 0.3) is 0 Å². The van der Waals surface area contributed by atoms with Crippen LogP contribution in [-0.4, -0.2) is 60.4 Å². The molecule has 2 aliphatic rings. The van der Waals surface area contributed by atoms with Gasteiger partial charge in [0, 0.05) is 25.6 Å². The number of amides is 2. The lowest BCUT2D eigenvalue weighted by atomic mass is 9.95. The number of likely N-dealkylation sites (tertiary alicyclic amines) is 1. The van der Waals surface area contributed by atoms with Crippen molar-refractivity contribution in [1.82, 2.24) is 9.80 Å². The van der Waals surface area contributed by atoms with Crippen molar-refractivity contribution >= 4 is 29.1 Å². The van der Waals surface area contributed by atoms with Gasteiger partial charge in [-0.15, -0.1) is 11.3 Å². The van der Waals surface area contributed by atoms with E-state index in [4.69, 9.17) is 4.74 Å². The summed E-state index contributed by atoms with van der Waals surface area (Å²) in [5.41, 5.74) is 0. The third kappa shape index (κ3) is 4.84. The fourth-order valence-corrected chi connectivity index (χ4v) is 4.04. The van der Waals surface area contributed by atoms with E-state index in [1.807, 2.05) is 22.4 Å². The minimum absolute atomic E-state index is 0.0353. The maximum atomic E-state index is 12.9. The number of ether oxygens (including phenoxy) is 1. The summed E-state index contributed by atoms with van der Waals surface area (Å²) in [6, 6.07) is 3.71. The van der Waals surface area contributed by atoms with E-state index in [0.29, 0.717) is 45.0 Å². The second kappa shape index (κ2) is 8.66. The van der Waals surface area contributed by atoms with Crippen LogP contribution in [0.4, 0.5) is 0 Å². The van der Waals surface area contributed by atoms with E-state index in [0.717, 1.165) is 17.7 Å². The zero-order valence-electron chi connectivity index (χ0n) is 15.2. The van der Waals surface area contributed by atoms with Crippen LogP contribution in [0.5, 0.6) is 0 Å². The molecule has 2 fully saturated rings. The Morgan fingerprint density at radius 2 is 1.96 bits per heavy atom. The number of carbonyl (C=O) groups is 3. The predicted molar refractivity (Wildman–Crippen MR) is 98.9 cm³/mol.